The van der Waals surface area contributed by atoms with Crippen molar-refractivity contribution in [2.75, 3.05) is 0 Å². The fraction of sp³-hybridized carbons (Fsp3) is 0.385. The number of hydrogen-bond acceptors (Lipinski definition) is 4. The van der Waals surface area contributed by atoms with Gasteiger partial charge >= 0.3 is 0 Å². The first-order valence-electron chi connectivity index (χ1n) is 6.05. The van der Waals surface area contributed by atoms with Crippen LogP contribution in [0.2, 0.25) is 0 Å². The maximum absolute atomic E-state index is 4.29. The predicted octanol–water partition coefficient (Wildman–Crippen LogP) is 3.53. The molecule has 1 N–H and O–H groups in total. The predicted molar refractivity (Wildman–Crippen MR) is 77.6 cm³/mol. The zero-order chi connectivity index (χ0) is 12.5. The second kappa shape index (κ2) is 5.07. The van der Waals surface area contributed by atoms with Crippen LogP contribution in [0.1, 0.15) is 23.4 Å². The van der Waals surface area contributed by atoms with Gasteiger partial charge in [-0.05, 0) is 41.3 Å². The van der Waals surface area contributed by atoms with Gasteiger partial charge in [-0.25, -0.2) is 0 Å². The van der Waals surface area contributed by atoms with E-state index in [2.05, 4.69) is 56.6 Å². The van der Waals surface area contributed by atoms with E-state index in [4.69, 9.17) is 0 Å². The molecule has 0 radical (unpaired) electrons. The number of halogens is 1. The molecule has 3 rings (SSSR count). The number of aryl methyl sites for hydroxylation is 1. The zero-order valence-electron chi connectivity index (χ0n) is 10.1. The van der Waals surface area contributed by atoms with E-state index in [1.165, 1.54) is 18.4 Å². The lowest BCUT2D eigenvalue weighted by atomic mass is 10.1. The molecular formula is C13H14BrN3S. The van der Waals surface area contributed by atoms with E-state index in [1.54, 1.807) is 11.3 Å². The molecule has 1 aromatic heterocycles. The Morgan fingerprint density at radius 1 is 1.39 bits per heavy atom. The summed E-state index contributed by atoms with van der Waals surface area (Å²) in [7, 11) is 0. The lowest BCUT2D eigenvalue weighted by Gasteiger charge is -2.02. The molecular weight excluding hydrogens is 310 g/mol. The van der Waals surface area contributed by atoms with Crippen LogP contribution in [-0.2, 0) is 6.54 Å². The van der Waals surface area contributed by atoms with Crippen LogP contribution in [0.25, 0.3) is 10.6 Å². The molecule has 5 heteroatoms. The average Bonchev–Trinajstić information content (AvgIpc) is 3.08. The number of hydrogen-bond donors (Lipinski definition) is 1. The Morgan fingerprint density at radius 2 is 2.22 bits per heavy atom. The van der Waals surface area contributed by atoms with Crippen molar-refractivity contribution in [3.8, 4) is 10.6 Å². The van der Waals surface area contributed by atoms with E-state index in [9.17, 15) is 0 Å². The molecule has 1 fully saturated rings. The summed E-state index contributed by atoms with van der Waals surface area (Å²) in [6, 6.07) is 6.93. The highest BCUT2D eigenvalue weighted by atomic mass is 79.9. The van der Waals surface area contributed by atoms with Crippen molar-refractivity contribution in [3.05, 3.63) is 33.2 Å². The maximum Gasteiger partial charge on any atom is 0.148 e. The van der Waals surface area contributed by atoms with Gasteiger partial charge < -0.3 is 5.32 Å². The first-order valence-corrected chi connectivity index (χ1v) is 7.66. The number of nitrogens with one attached hydrogen (secondary N) is 1. The highest BCUT2D eigenvalue weighted by Gasteiger charge is 2.21. The molecule has 1 heterocycles. The molecule has 0 spiro atoms. The largest absolute Gasteiger partial charge is 0.308 e. The van der Waals surface area contributed by atoms with Gasteiger partial charge in [-0.3, -0.25) is 0 Å². The smallest absolute Gasteiger partial charge is 0.148 e. The Balaban J connectivity index is 1.80. The van der Waals surface area contributed by atoms with Crippen molar-refractivity contribution in [3.63, 3.8) is 0 Å². The van der Waals surface area contributed by atoms with Crippen LogP contribution in [0.5, 0.6) is 0 Å². The molecule has 0 atom stereocenters. The Morgan fingerprint density at radius 3 is 3.00 bits per heavy atom. The molecule has 1 aromatic carbocycles. The summed E-state index contributed by atoms with van der Waals surface area (Å²) >= 11 is 5.29. The molecule has 2 aromatic rings. The first kappa shape index (κ1) is 12.3. The van der Waals surface area contributed by atoms with Crippen LogP contribution in [0.3, 0.4) is 0 Å². The summed E-state index contributed by atoms with van der Waals surface area (Å²) in [6.45, 7) is 2.93. The molecule has 0 bridgehead atoms. The van der Waals surface area contributed by atoms with Crippen LogP contribution in [0.15, 0.2) is 22.7 Å². The summed E-state index contributed by atoms with van der Waals surface area (Å²) in [6.07, 6.45) is 2.60. The quantitative estimate of drug-likeness (QED) is 0.935. The number of aromatic nitrogens is 2. The molecule has 1 aliphatic carbocycles. The molecule has 0 unspecified atom stereocenters. The van der Waals surface area contributed by atoms with Crippen LogP contribution in [0.4, 0.5) is 0 Å². The minimum atomic E-state index is 0.711. The van der Waals surface area contributed by atoms with Crippen molar-refractivity contribution in [1.29, 1.82) is 0 Å². The second-order valence-corrected chi connectivity index (χ2v) is 6.45. The molecule has 1 saturated carbocycles. The van der Waals surface area contributed by atoms with Gasteiger partial charge in [-0.15, -0.1) is 10.2 Å². The molecule has 1 aliphatic rings. The molecule has 18 heavy (non-hydrogen) atoms. The molecule has 0 aliphatic heterocycles. The zero-order valence-corrected chi connectivity index (χ0v) is 12.5. The van der Waals surface area contributed by atoms with Crippen LogP contribution in [0, 0.1) is 6.92 Å². The number of benzene rings is 1. The summed E-state index contributed by atoms with van der Waals surface area (Å²) in [5.41, 5.74) is 2.35. The van der Waals surface area contributed by atoms with Crippen LogP contribution >= 0.6 is 27.3 Å². The van der Waals surface area contributed by atoms with Gasteiger partial charge in [0.05, 0.1) is 0 Å². The van der Waals surface area contributed by atoms with Gasteiger partial charge in [-0.2, -0.15) is 0 Å². The van der Waals surface area contributed by atoms with Crippen molar-refractivity contribution < 1.29 is 0 Å². The summed E-state index contributed by atoms with van der Waals surface area (Å²) in [4.78, 5) is 0. The van der Waals surface area contributed by atoms with E-state index >= 15 is 0 Å². The highest BCUT2D eigenvalue weighted by Crippen LogP contribution is 2.32. The highest BCUT2D eigenvalue weighted by molar-refractivity contribution is 9.10. The van der Waals surface area contributed by atoms with Crippen LogP contribution in [-0.4, -0.2) is 16.2 Å². The van der Waals surface area contributed by atoms with Gasteiger partial charge in [0.15, 0.2) is 0 Å². The third-order valence-electron chi connectivity index (χ3n) is 3.01. The maximum atomic E-state index is 4.29. The van der Waals surface area contributed by atoms with Gasteiger partial charge in [0.1, 0.15) is 10.0 Å². The van der Waals surface area contributed by atoms with Gasteiger partial charge in [0.25, 0.3) is 0 Å². The van der Waals surface area contributed by atoms with Gasteiger partial charge in [0.2, 0.25) is 0 Å². The van der Waals surface area contributed by atoms with E-state index in [0.29, 0.717) is 6.04 Å². The Labute approximate surface area is 119 Å². The van der Waals surface area contributed by atoms with E-state index in [0.717, 1.165) is 26.6 Å². The Hall–Kier alpha value is -0.780. The van der Waals surface area contributed by atoms with Crippen molar-refractivity contribution in [1.82, 2.24) is 15.5 Å². The molecule has 3 nitrogen and oxygen atoms in total. The topological polar surface area (TPSA) is 37.8 Å². The molecule has 94 valence electrons. The Bertz CT molecular complexity index is 563. The van der Waals surface area contributed by atoms with E-state index in [1.807, 2.05) is 0 Å². The minimum absolute atomic E-state index is 0.711. The molecule has 0 saturated heterocycles. The fourth-order valence-corrected chi connectivity index (χ4v) is 3.17. The fourth-order valence-electron chi connectivity index (χ4n) is 1.77. The van der Waals surface area contributed by atoms with Crippen molar-refractivity contribution >= 4 is 27.3 Å². The summed E-state index contributed by atoms with van der Waals surface area (Å²) in [5.74, 6) is 0. The average molecular weight is 324 g/mol. The normalized spacial score (nSPS) is 15.0. The second-order valence-electron chi connectivity index (χ2n) is 4.59. The number of rotatable bonds is 4. The number of nitrogens with zero attached hydrogens (tertiary/aromatic N) is 2. The minimum Gasteiger partial charge on any atom is -0.308 e. The lowest BCUT2D eigenvalue weighted by molar-refractivity contribution is 0.679. The standard InChI is InChI=1S/C13H14BrN3S/c1-8-3-2-4-10(12(8)14)13-17-16-11(18-13)7-15-9-5-6-9/h2-4,9,15H,5-7H2,1H3. The van der Waals surface area contributed by atoms with Gasteiger partial charge in [-0.1, -0.05) is 29.5 Å². The Kier molecular flexibility index (Phi) is 3.46. The summed E-state index contributed by atoms with van der Waals surface area (Å²) in [5, 5.41) is 14.0. The SMILES string of the molecule is Cc1cccc(-c2nnc(CNC3CC3)s2)c1Br. The molecule has 0 amide bonds. The van der Waals surface area contributed by atoms with E-state index in [-0.39, 0.29) is 0 Å². The van der Waals surface area contributed by atoms with Crippen molar-refractivity contribution in [2.45, 2.75) is 32.4 Å². The monoisotopic (exact) mass is 323 g/mol. The first-order chi connectivity index (χ1) is 8.74. The lowest BCUT2D eigenvalue weighted by Crippen LogP contribution is -2.14. The summed E-state index contributed by atoms with van der Waals surface area (Å²) < 4.78 is 1.11. The van der Waals surface area contributed by atoms with E-state index < -0.39 is 0 Å². The third-order valence-corrected chi connectivity index (χ3v) is 5.02. The van der Waals surface area contributed by atoms with Crippen molar-refractivity contribution in [2.24, 2.45) is 0 Å². The van der Waals surface area contributed by atoms with Gasteiger partial charge in [0, 0.05) is 22.6 Å². The van der Waals surface area contributed by atoms with Crippen LogP contribution < -0.4 is 5.32 Å². The third kappa shape index (κ3) is 2.63.